The van der Waals surface area contributed by atoms with Crippen LogP contribution in [0.25, 0.3) is 10.9 Å². The number of fused-ring (bicyclic) bond motifs is 1. The third kappa shape index (κ3) is 3.70. The van der Waals surface area contributed by atoms with Crippen molar-refractivity contribution in [3.05, 3.63) is 42.2 Å². The summed E-state index contributed by atoms with van der Waals surface area (Å²) in [6, 6.07) is 8.26. The number of nitrogens with one attached hydrogen (secondary N) is 1. The first kappa shape index (κ1) is 15.8. The topological polar surface area (TPSA) is 85.8 Å². The summed E-state index contributed by atoms with van der Waals surface area (Å²) in [7, 11) is 0. The molecular weight excluding hydrogens is 318 g/mol. The Balaban J connectivity index is 1.36. The zero-order valence-electron chi connectivity index (χ0n) is 14.2. The van der Waals surface area contributed by atoms with E-state index < -0.39 is 0 Å². The Morgan fingerprint density at radius 1 is 1.28 bits per heavy atom. The van der Waals surface area contributed by atoms with Crippen LogP contribution in [0.5, 0.6) is 0 Å². The van der Waals surface area contributed by atoms with E-state index in [-0.39, 0.29) is 11.9 Å². The van der Waals surface area contributed by atoms with Crippen molar-refractivity contribution in [1.82, 2.24) is 25.3 Å². The standard InChI is InChI=1S/C18H21N5O2/c1-12(24)19-15-7-6-13(8-15)9-17-20-21-18(25-17)11-23-10-14-4-2-3-5-16(14)22-23/h2-5,10,13,15H,6-9,11H2,1H3,(H,19,24)/t13-,15+/m1/s1. The van der Waals surface area contributed by atoms with Crippen LogP contribution in [0.3, 0.4) is 0 Å². The van der Waals surface area contributed by atoms with Gasteiger partial charge < -0.3 is 9.73 Å². The van der Waals surface area contributed by atoms with Crippen LogP contribution < -0.4 is 5.32 Å². The maximum absolute atomic E-state index is 11.1. The highest BCUT2D eigenvalue weighted by atomic mass is 16.4. The molecule has 0 aliphatic heterocycles. The van der Waals surface area contributed by atoms with Crippen LogP contribution in [0.2, 0.25) is 0 Å². The molecule has 4 rings (SSSR count). The molecule has 0 spiro atoms. The van der Waals surface area contributed by atoms with Crippen LogP contribution in [0.15, 0.2) is 34.9 Å². The molecule has 2 atom stereocenters. The summed E-state index contributed by atoms with van der Waals surface area (Å²) < 4.78 is 7.62. The van der Waals surface area contributed by atoms with Crippen molar-refractivity contribution >= 4 is 16.8 Å². The Bertz CT molecular complexity index is 851. The quantitative estimate of drug-likeness (QED) is 0.771. The fourth-order valence-corrected chi connectivity index (χ4v) is 3.60. The molecular formula is C18H21N5O2. The molecule has 1 aliphatic carbocycles. The van der Waals surface area contributed by atoms with E-state index in [2.05, 4.69) is 20.6 Å². The molecule has 1 amide bonds. The van der Waals surface area contributed by atoms with Crippen LogP contribution in [0, 0.1) is 5.92 Å². The molecule has 7 heteroatoms. The van der Waals surface area contributed by atoms with Crippen LogP contribution in [0.1, 0.15) is 38.0 Å². The summed E-state index contributed by atoms with van der Waals surface area (Å²) in [5, 5.41) is 16.9. The van der Waals surface area contributed by atoms with E-state index in [4.69, 9.17) is 4.42 Å². The summed E-state index contributed by atoms with van der Waals surface area (Å²) in [6.07, 6.45) is 5.82. The normalized spacial score (nSPS) is 20.2. The van der Waals surface area contributed by atoms with Gasteiger partial charge in [0.25, 0.3) is 0 Å². The van der Waals surface area contributed by atoms with E-state index in [9.17, 15) is 4.79 Å². The zero-order chi connectivity index (χ0) is 17.2. The lowest BCUT2D eigenvalue weighted by molar-refractivity contribution is -0.119. The molecule has 130 valence electrons. The van der Waals surface area contributed by atoms with Crippen LogP contribution in [0.4, 0.5) is 0 Å². The minimum Gasteiger partial charge on any atom is -0.423 e. The third-order valence-corrected chi connectivity index (χ3v) is 4.68. The highest BCUT2D eigenvalue weighted by molar-refractivity contribution is 5.77. The van der Waals surface area contributed by atoms with Gasteiger partial charge in [-0.3, -0.25) is 9.48 Å². The van der Waals surface area contributed by atoms with Crippen molar-refractivity contribution in [1.29, 1.82) is 0 Å². The van der Waals surface area contributed by atoms with Gasteiger partial charge in [-0.05, 0) is 31.2 Å². The Labute approximate surface area is 145 Å². The van der Waals surface area contributed by atoms with E-state index in [1.165, 1.54) is 0 Å². The van der Waals surface area contributed by atoms with Crippen molar-refractivity contribution < 1.29 is 9.21 Å². The maximum Gasteiger partial charge on any atom is 0.237 e. The molecule has 0 bridgehead atoms. The molecule has 3 aromatic rings. The van der Waals surface area contributed by atoms with Gasteiger partial charge in [-0.25, -0.2) is 0 Å². The Morgan fingerprint density at radius 2 is 2.12 bits per heavy atom. The summed E-state index contributed by atoms with van der Waals surface area (Å²) in [5.74, 6) is 1.76. The van der Waals surface area contributed by atoms with E-state index in [0.717, 1.165) is 36.6 Å². The first-order valence-corrected chi connectivity index (χ1v) is 8.66. The lowest BCUT2D eigenvalue weighted by Crippen LogP contribution is -2.30. The monoisotopic (exact) mass is 339 g/mol. The number of carbonyl (C=O) groups is 1. The van der Waals surface area contributed by atoms with Gasteiger partial charge in [-0.1, -0.05) is 18.2 Å². The number of benzene rings is 1. The molecule has 1 N–H and O–H groups in total. The maximum atomic E-state index is 11.1. The zero-order valence-corrected chi connectivity index (χ0v) is 14.2. The second-order valence-corrected chi connectivity index (χ2v) is 6.76. The number of carbonyl (C=O) groups excluding carboxylic acids is 1. The van der Waals surface area contributed by atoms with E-state index in [0.29, 0.717) is 24.2 Å². The molecule has 0 unspecified atom stereocenters. The highest BCUT2D eigenvalue weighted by Crippen LogP contribution is 2.28. The molecule has 1 fully saturated rings. The molecule has 0 radical (unpaired) electrons. The lowest BCUT2D eigenvalue weighted by atomic mass is 10.0. The van der Waals surface area contributed by atoms with Gasteiger partial charge in [0.05, 0.1) is 5.52 Å². The third-order valence-electron chi connectivity index (χ3n) is 4.68. The first-order chi connectivity index (χ1) is 12.2. The van der Waals surface area contributed by atoms with Gasteiger partial charge >= 0.3 is 0 Å². The first-order valence-electron chi connectivity index (χ1n) is 8.66. The second kappa shape index (κ2) is 6.66. The molecule has 25 heavy (non-hydrogen) atoms. The van der Waals surface area contributed by atoms with Gasteiger partial charge in [-0.15, -0.1) is 10.2 Å². The average molecular weight is 339 g/mol. The minimum absolute atomic E-state index is 0.0392. The SMILES string of the molecule is CC(=O)N[C@H]1CC[C@@H](Cc2nnc(Cn3cc4ccccc4n3)o2)C1. The predicted molar refractivity (Wildman–Crippen MR) is 91.8 cm³/mol. The van der Waals surface area contributed by atoms with E-state index >= 15 is 0 Å². The van der Waals surface area contributed by atoms with Gasteiger partial charge in [0.2, 0.25) is 17.7 Å². The fourth-order valence-electron chi connectivity index (χ4n) is 3.60. The summed E-state index contributed by atoms with van der Waals surface area (Å²) >= 11 is 0. The lowest BCUT2D eigenvalue weighted by Gasteiger charge is -2.10. The number of aromatic nitrogens is 4. The molecule has 1 saturated carbocycles. The molecule has 1 aromatic carbocycles. The second-order valence-electron chi connectivity index (χ2n) is 6.76. The number of nitrogens with zero attached hydrogens (tertiary/aromatic N) is 4. The van der Waals surface area contributed by atoms with Crippen molar-refractivity contribution in [2.75, 3.05) is 0 Å². The van der Waals surface area contributed by atoms with Gasteiger partial charge in [0.1, 0.15) is 6.54 Å². The summed E-state index contributed by atoms with van der Waals surface area (Å²) in [6.45, 7) is 2.04. The Hall–Kier alpha value is -2.70. The van der Waals surface area contributed by atoms with Gasteiger partial charge in [-0.2, -0.15) is 5.10 Å². The molecule has 7 nitrogen and oxygen atoms in total. The number of hydrogen-bond donors (Lipinski definition) is 1. The largest absolute Gasteiger partial charge is 0.423 e. The fraction of sp³-hybridized carbons (Fsp3) is 0.444. The minimum atomic E-state index is 0.0392. The number of amides is 1. The van der Waals surface area contributed by atoms with Crippen LogP contribution >= 0.6 is 0 Å². The number of rotatable bonds is 5. The molecule has 2 aromatic heterocycles. The summed E-state index contributed by atoms with van der Waals surface area (Å²) in [5.41, 5.74) is 0.956. The summed E-state index contributed by atoms with van der Waals surface area (Å²) in [4.78, 5) is 11.1. The highest BCUT2D eigenvalue weighted by Gasteiger charge is 2.26. The van der Waals surface area contributed by atoms with Crippen LogP contribution in [-0.4, -0.2) is 31.9 Å². The molecule has 1 aliphatic rings. The van der Waals surface area contributed by atoms with Crippen LogP contribution in [-0.2, 0) is 17.8 Å². The van der Waals surface area contributed by atoms with Crippen molar-refractivity contribution in [3.8, 4) is 0 Å². The number of hydrogen-bond acceptors (Lipinski definition) is 5. The molecule has 2 heterocycles. The van der Waals surface area contributed by atoms with Gasteiger partial charge in [0.15, 0.2) is 0 Å². The van der Waals surface area contributed by atoms with E-state index in [1.807, 2.05) is 35.1 Å². The van der Waals surface area contributed by atoms with Crippen molar-refractivity contribution in [3.63, 3.8) is 0 Å². The van der Waals surface area contributed by atoms with E-state index in [1.54, 1.807) is 6.92 Å². The Kier molecular flexibility index (Phi) is 4.21. The van der Waals surface area contributed by atoms with Crippen molar-refractivity contribution in [2.45, 2.75) is 45.2 Å². The Morgan fingerprint density at radius 3 is 2.96 bits per heavy atom. The average Bonchev–Trinajstić information content (AvgIpc) is 3.27. The predicted octanol–water partition coefficient (Wildman–Crippen LogP) is 2.31. The smallest absolute Gasteiger partial charge is 0.237 e. The molecule has 0 saturated heterocycles. The van der Waals surface area contributed by atoms with Crippen molar-refractivity contribution in [2.24, 2.45) is 5.92 Å². The van der Waals surface area contributed by atoms with Gasteiger partial charge in [0, 0.05) is 31.0 Å².